The Bertz CT molecular complexity index is 1610. The van der Waals surface area contributed by atoms with Crippen molar-refractivity contribution in [1.29, 1.82) is 0 Å². The van der Waals surface area contributed by atoms with E-state index in [9.17, 15) is 4.79 Å². The number of aromatic nitrogens is 3. The molecule has 0 unspecified atom stereocenters. The maximum atomic E-state index is 13.6. The Morgan fingerprint density at radius 2 is 1.91 bits per heavy atom. The van der Waals surface area contributed by atoms with Crippen LogP contribution in [0.3, 0.4) is 0 Å². The highest BCUT2D eigenvalue weighted by atomic mass is 16.2. The van der Waals surface area contributed by atoms with Crippen LogP contribution in [0.1, 0.15) is 27.2 Å². The van der Waals surface area contributed by atoms with E-state index >= 15 is 0 Å². The van der Waals surface area contributed by atoms with E-state index in [2.05, 4.69) is 72.3 Å². The number of hydrogen-bond acceptors (Lipinski definition) is 3. The molecule has 1 N–H and O–H groups in total. The summed E-state index contributed by atoms with van der Waals surface area (Å²) in [5, 5.41) is 2.02. The summed E-state index contributed by atoms with van der Waals surface area (Å²) in [6, 6.07) is 17.3. The number of benzene rings is 2. The van der Waals surface area contributed by atoms with Gasteiger partial charge in [-0.05, 0) is 65.4 Å². The van der Waals surface area contributed by atoms with Crippen molar-refractivity contribution in [2.75, 3.05) is 25.5 Å². The Kier molecular flexibility index (Phi) is 4.92. The van der Waals surface area contributed by atoms with Gasteiger partial charge in [0.25, 0.3) is 5.91 Å². The largest absolute Gasteiger partial charge is 0.378 e. The van der Waals surface area contributed by atoms with Gasteiger partial charge in [-0.1, -0.05) is 24.3 Å². The summed E-state index contributed by atoms with van der Waals surface area (Å²) in [6.45, 7) is 3.52. The highest BCUT2D eigenvalue weighted by Crippen LogP contribution is 2.32. The number of rotatable bonds is 3. The Morgan fingerprint density at radius 1 is 1.06 bits per heavy atom. The van der Waals surface area contributed by atoms with Crippen molar-refractivity contribution in [2.45, 2.75) is 19.9 Å². The third-order valence-electron chi connectivity index (χ3n) is 7.34. The zero-order chi connectivity index (χ0) is 24.3. The first-order chi connectivity index (χ1) is 16.9. The van der Waals surface area contributed by atoms with E-state index in [4.69, 9.17) is 0 Å². The minimum atomic E-state index is 0.0669. The number of amides is 1. The number of aromatic amines is 1. The molecule has 176 valence electrons. The first-order valence-electron chi connectivity index (χ1n) is 12.0. The summed E-state index contributed by atoms with van der Waals surface area (Å²) in [7, 11) is 6.10. The van der Waals surface area contributed by atoms with E-state index in [1.807, 2.05) is 41.0 Å². The van der Waals surface area contributed by atoms with Crippen molar-refractivity contribution in [2.24, 2.45) is 7.05 Å². The second kappa shape index (κ2) is 8.01. The van der Waals surface area contributed by atoms with E-state index in [0.717, 1.165) is 28.4 Å². The molecule has 0 radical (unpaired) electrons. The molecule has 0 spiro atoms. The average molecular weight is 464 g/mol. The quantitative estimate of drug-likeness (QED) is 0.395. The van der Waals surface area contributed by atoms with E-state index in [1.165, 1.54) is 33.5 Å². The first kappa shape index (κ1) is 21.5. The lowest BCUT2D eigenvalue weighted by atomic mass is 9.92. The maximum absolute atomic E-state index is 13.6. The highest BCUT2D eigenvalue weighted by Gasteiger charge is 2.25. The molecule has 5 aromatic rings. The molecule has 1 amide bonds. The number of anilines is 1. The van der Waals surface area contributed by atoms with Crippen LogP contribution in [0.25, 0.3) is 33.1 Å². The molecular weight excluding hydrogens is 434 g/mol. The fourth-order valence-electron chi connectivity index (χ4n) is 5.36. The van der Waals surface area contributed by atoms with Crippen LogP contribution in [0.5, 0.6) is 0 Å². The topological polar surface area (TPSA) is 57.2 Å². The minimum Gasteiger partial charge on any atom is -0.378 e. The standard InChI is InChI=1S/C29H29N5O/c1-18-13-23(32(2)3)7-8-24(18)20-5-6-21-17-34(12-10-19(21)14-20)29(35)26-15-22-16-31-28-25(9-11-30-28)27(22)33(26)4/h5-9,11,13-16H,10,12,17H2,1-4H3,(H,30,31). The third kappa shape index (κ3) is 3.48. The van der Waals surface area contributed by atoms with E-state index < -0.39 is 0 Å². The van der Waals surface area contributed by atoms with Crippen molar-refractivity contribution >= 4 is 33.5 Å². The van der Waals surface area contributed by atoms with Gasteiger partial charge in [0.15, 0.2) is 0 Å². The Morgan fingerprint density at radius 3 is 2.71 bits per heavy atom. The molecule has 1 aliphatic rings. The number of carbonyl (C=O) groups is 1. The van der Waals surface area contributed by atoms with E-state index in [0.29, 0.717) is 18.8 Å². The predicted molar refractivity (Wildman–Crippen MR) is 142 cm³/mol. The molecule has 4 heterocycles. The van der Waals surface area contributed by atoms with E-state index in [-0.39, 0.29) is 5.91 Å². The van der Waals surface area contributed by atoms with Crippen LogP contribution in [0.15, 0.2) is 60.9 Å². The third-order valence-corrected chi connectivity index (χ3v) is 7.34. The number of aryl methyl sites for hydroxylation is 2. The highest BCUT2D eigenvalue weighted by molar-refractivity contribution is 6.07. The Hall–Kier alpha value is -4.06. The fourth-order valence-corrected chi connectivity index (χ4v) is 5.36. The summed E-state index contributed by atoms with van der Waals surface area (Å²) in [5.41, 5.74) is 10.1. The lowest BCUT2D eigenvalue weighted by Crippen LogP contribution is -2.36. The molecule has 0 saturated heterocycles. The van der Waals surface area contributed by atoms with Crippen LogP contribution in [0.4, 0.5) is 5.69 Å². The summed E-state index contributed by atoms with van der Waals surface area (Å²) < 4.78 is 2.01. The molecule has 0 saturated carbocycles. The average Bonchev–Trinajstić information content (AvgIpc) is 3.47. The first-order valence-corrected chi connectivity index (χ1v) is 12.0. The van der Waals surface area contributed by atoms with Gasteiger partial charge in [0.2, 0.25) is 0 Å². The smallest absolute Gasteiger partial charge is 0.270 e. The second-order valence-corrected chi connectivity index (χ2v) is 9.74. The number of H-pyrrole nitrogens is 1. The number of nitrogens with one attached hydrogen (secondary N) is 1. The number of hydrogen-bond donors (Lipinski definition) is 1. The van der Waals surface area contributed by atoms with Crippen molar-refractivity contribution in [3.05, 3.63) is 83.3 Å². The Balaban J connectivity index is 1.28. The molecular formula is C29H29N5O. The minimum absolute atomic E-state index is 0.0669. The van der Waals surface area contributed by atoms with Crippen molar-refractivity contribution in [3.63, 3.8) is 0 Å². The van der Waals surface area contributed by atoms with Gasteiger partial charge in [0.1, 0.15) is 11.3 Å². The van der Waals surface area contributed by atoms with Crippen LogP contribution in [-0.4, -0.2) is 46.0 Å². The van der Waals surface area contributed by atoms with Gasteiger partial charge < -0.3 is 19.4 Å². The molecule has 35 heavy (non-hydrogen) atoms. The number of fused-ring (bicyclic) bond motifs is 4. The molecule has 6 rings (SSSR count). The summed E-state index contributed by atoms with van der Waals surface area (Å²) in [4.78, 5) is 25.3. The monoisotopic (exact) mass is 463 g/mol. The fraction of sp³-hybridized carbons (Fsp3) is 0.241. The SMILES string of the molecule is Cc1cc(N(C)C)ccc1-c1ccc2c(c1)CCN(C(=O)c1cc3cnc4[nH]ccc4c3n1C)C2. The zero-order valence-electron chi connectivity index (χ0n) is 20.6. The molecule has 1 aliphatic heterocycles. The molecule has 0 aliphatic carbocycles. The molecule has 0 fully saturated rings. The summed E-state index contributed by atoms with van der Waals surface area (Å²) in [5.74, 6) is 0.0669. The molecule has 6 nitrogen and oxygen atoms in total. The molecule has 0 atom stereocenters. The molecule has 3 aromatic heterocycles. The second-order valence-electron chi connectivity index (χ2n) is 9.74. The summed E-state index contributed by atoms with van der Waals surface area (Å²) >= 11 is 0. The maximum Gasteiger partial charge on any atom is 0.270 e. The number of nitrogens with zero attached hydrogens (tertiary/aromatic N) is 4. The molecule has 2 aromatic carbocycles. The van der Waals surface area contributed by atoms with Crippen molar-refractivity contribution in [3.8, 4) is 11.1 Å². The Labute approximate surface area is 204 Å². The van der Waals surface area contributed by atoms with E-state index in [1.54, 1.807) is 0 Å². The van der Waals surface area contributed by atoms with Crippen LogP contribution in [0, 0.1) is 6.92 Å². The van der Waals surface area contributed by atoms with Crippen molar-refractivity contribution < 1.29 is 4.79 Å². The van der Waals surface area contributed by atoms with Crippen LogP contribution in [-0.2, 0) is 20.0 Å². The predicted octanol–water partition coefficient (Wildman–Crippen LogP) is 5.29. The van der Waals surface area contributed by atoms with Gasteiger partial charge in [0, 0.05) is 63.1 Å². The van der Waals surface area contributed by atoms with Gasteiger partial charge in [-0.3, -0.25) is 4.79 Å². The number of carbonyl (C=O) groups excluding carboxylic acids is 1. The lowest BCUT2D eigenvalue weighted by Gasteiger charge is -2.29. The van der Waals surface area contributed by atoms with Gasteiger partial charge in [-0.2, -0.15) is 0 Å². The molecule has 6 heteroatoms. The summed E-state index contributed by atoms with van der Waals surface area (Å²) in [6.07, 6.45) is 4.59. The van der Waals surface area contributed by atoms with Gasteiger partial charge in [-0.25, -0.2) is 4.98 Å². The van der Waals surface area contributed by atoms with Crippen LogP contribution < -0.4 is 4.90 Å². The number of pyridine rings is 1. The van der Waals surface area contributed by atoms with Crippen LogP contribution >= 0.6 is 0 Å². The normalized spacial score (nSPS) is 13.4. The molecule has 0 bridgehead atoms. The van der Waals surface area contributed by atoms with Crippen molar-refractivity contribution in [1.82, 2.24) is 19.4 Å². The lowest BCUT2D eigenvalue weighted by molar-refractivity contribution is 0.0725. The van der Waals surface area contributed by atoms with Crippen LogP contribution in [0.2, 0.25) is 0 Å². The van der Waals surface area contributed by atoms with Gasteiger partial charge in [-0.15, -0.1) is 0 Å². The van der Waals surface area contributed by atoms with Gasteiger partial charge >= 0.3 is 0 Å². The van der Waals surface area contributed by atoms with Gasteiger partial charge in [0.05, 0.1) is 5.52 Å². The zero-order valence-corrected chi connectivity index (χ0v) is 20.6.